The van der Waals surface area contributed by atoms with Gasteiger partial charge in [-0.25, -0.2) is 0 Å². The highest BCUT2D eigenvalue weighted by Crippen LogP contribution is 2.31. The number of aryl methyl sites for hydroxylation is 1. The van der Waals surface area contributed by atoms with Gasteiger partial charge in [0.25, 0.3) is 0 Å². The zero-order chi connectivity index (χ0) is 14.3. The monoisotopic (exact) mass is 295 g/mol. The molecule has 1 heterocycles. The molecule has 0 spiro atoms. The second-order valence-corrected chi connectivity index (χ2v) is 5.39. The maximum atomic E-state index is 12.1. The average molecular weight is 295 g/mol. The van der Waals surface area contributed by atoms with Crippen molar-refractivity contribution < 1.29 is 30.6 Å². The molecule has 1 N–H and O–H groups in total. The minimum Gasteiger partial charge on any atom is -0.376 e. The number of anilines is 1. The van der Waals surface area contributed by atoms with Crippen molar-refractivity contribution in [2.45, 2.75) is 18.3 Å². The Labute approximate surface area is 106 Å². The molecule has 0 bridgehead atoms. The van der Waals surface area contributed by atoms with Crippen LogP contribution in [-0.2, 0) is 21.3 Å². The van der Waals surface area contributed by atoms with E-state index in [1.54, 1.807) is 0 Å². The van der Waals surface area contributed by atoms with Crippen LogP contribution in [0.4, 0.5) is 18.9 Å². The van der Waals surface area contributed by atoms with Crippen LogP contribution in [0.5, 0.6) is 5.75 Å². The summed E-state index contributed by atoms with van der Waals surface area (Å²) < 4.78 is 62.0. The van der Waals surface area contributed by atoms with Gasteiger partial charge in [-0.15, -0.1) is 0 Å². The number of nitrogens with one attached hydrogen (secondary N) is 1. The third-order valence-electron chi connectivity index (χ3n) is 2.47. The molecule has 1 aliphatic heterocycles. The van der Waals surface area contributed by atoms with Crippen molar-refractivity contribution in [3.63, 3.8) is 0 Å². The Hall–Kier alpha value is -1.77. The highest BCUT2D eigenvalue weighted by atomic mass is 32.2. The van der Waals surface area contributed by atoms with Gasteiger partial charge < -0.3 is 9.50 Å². The summed E-state index contributed by atoms with van der Waals surface area (Å²) in [6, 6.07) is 3.57. The van der Waals surface area contributed by atoms with Gasteiger partial charge in [0.15, 0.2) is 0 Å². The maximum absolute atomic E-state index is 12.1. The van der Waals surface area contributed by atoms with E-state index < -0.39 is 21.4 Å². The van der Waals surface area contributed by atoms with E-state index in [1.807, 2.05) is 0 Å². The topological polar surface area (TPSA) is 72.5 Å². The molecule has 2 rings (SSSR count). The molecule has 1 amide bonds. The van der Waals surface area contributed by atoms with E-state index in [-0.39, 0.29) is 18.0 Å². The predicted molar refractivity (Wildman–Crippen MR) is 59.0 cm³/mol. The molecule has 1 aliphatic rings. The van der Waals surface area contributed by atoms with Crippen molar-refractivity contribution in [1.82, 2.24) is 0 Å². The molecule has 0 atom stereocenters. The Balaban J connectivity index is 2.29. The van der Waals surface area contributed by atoms with Crippen molar-refractivity contribution in [2.24, 2.45) is 0 Å². The fraction of sp³-hybridized carbons (Fsp3) is 0.300. The molecule has 1 aromatic carbocycles. The molecule has 0 unspecified atom stereocenters. The molecular weight excluding hydrogens is 287 g/mol. The number of carbonyl (C=O) groups excluding carboxylic acids is 1. The first kappa shape index (κ1) is 13.7. The molecule has 104 valence electrons. The Bertz CT molecular complexity index is 624. The summed E-state index contributed by atoms with van der Waals surface area (Å²) in [6.07, 6.45) is 0.710. The van der Waals surface area contributed by atoms with Gasteiger partial charge in [0.1, 0.15) is 5.75 Å². The standard InChI is InChI=1S/C10H8F3NO4S/c11-10(12,13)19(16,17)18-7-3-1-6-2-4-9(15)14-8(6)5-7/h1,3,5H,2,4H2,(H,14,15). The van der Waals surface area contributed by atoms with Crippen LogP contribution in [-0.4, -0.2) is 19.8 Å². The third-order valence-corrected chi connectivity index (χ3v) is 3.45. The number of benzene rings is 1. The first-order valence-electron chi connectivity index (χ1n) is 5.12. The van der Waals surface area contributed by atoms with Gasteiger partial charge >= 0.3 is 15.6 Å². The molecule has 1 aromatic rings. The van der Waals surface area contributed by atoms with Crippen LogP contribution in [0, 0.1) is 0 Å². The van der Waals surface area contributed by atoms with Crippen LogP contribution < -0.4 is 9.50 Å². The summed E-state index contributed by atoms with van der Waals surface area (Å²) in [4.78, 5) is 11.1. The summed E-state index contributed by atoms with van der Waals surface area (Å²) in [6.45, 7) is 0. The number of carbonyl (C=O) groups is 1. The van der Waals surface area contributed by atoms with Crippen LogP contribution >= 0.6 is 0 Å². The Kier molecular flexibility index (Phi) is 3.17. The third kappa shape index (κ3) is 2.80. The van der Waals surface area contributed by atoms with Crippen molar-refractivity contribution in [3.05, 3.63) is 23.8 Å². The minimum atomic E-state index is -5.70. The molecule has 0 fully saturated rings. The van der Waals surface area contributed by atoms with E-state index in [9.17, 15) is 26.4 Å². The largest absolute Gasteiger partial charge is 0.534 e. The van der Waals surface area contributed by atoms with Crippen molar-refractivity contribution in [3.8, 4) is 5.75 Å². The summed E-state index contributed by atoms with van der Waals surface area (Å²) in [7, 11) is -5.70. The number of alkyl halides is 3. The van der Waals surface area contributed by atoms with Crippen LogP contribution in [0.1, 0.15) is 12.0 Å². The van der Waals surface area contributed by atoms with Crippen LogP contribution in [0.25, 0.3) is 0 Å². The quantitative estimate of drug-likeness (QED) is 0.667. The second kappa shape index (κ2) is 4.41. The number of fused-ring (bicyclic) bond motifs is 1. The predicted octanol–water partition coefficient (Wildman–Crippen LogP) is 1.80. The molecule has 19 heavy (non-hydrogen) atoms. The first-order valence-corrected chi connectivity index (χ1v) is 6.53. The summed E-state index contributed by atoms with van der Waals surface area (Å²) >= 11 is 0. The smallest absolute Gasteiger partial charge is 0.376 e. The average Bonchev–Trinajstić information content (AvgIpc) is 2.26. The number of halogens is 3. The lowest BCUT2D eigenvalue weighted by Gasteiger charge is -2.17. The van der Waals surface area contributed by atoms with Gasteiger partial charge in [-0.3, -0.25) is 4.79 Å². The van der Waals surface area contributed by atoms with E-state index >= 15 is 0 Å². The summed E-state index contributed by atoms with van der Waals surface area (Å²) in [5.74, 6) is -0.790. The maximum Gasteiger partial charge on any atom is 0.534 e. The molecule has 0 aromatic heterocycles. The van der Waals surface area contributed by atoms with Crippen molar-refractivity contribution in [2.75, 3.05) is 5.32 Å². The lowest BCUT2D eigenvalue weighted by atomic mass is 10.0. The van der Waals surface area contributed by atoms with Crippen molar-refractivity contribution >= 4 is 21.7 Å². The van der Waals surface area contributed by atoms with Gasteiger partial charge in [0, 0.05) is 18.2 Å². The Morgan fingerprint density at radius 3 is 2.53 bits per heavy atom. The van der Waals surface area contributed by atoms with Gasteiger partial charge in [-0.1, -0.05) is 6.07 Å². The highest BCUT2D eigenvalue weighted by molar-refractivity contribution is 7.88. The number of amides is 1. The van der Waals surface area contributed by atoms with Crippen LogP contribution in [0.2, 0.25) is 0 Å². The molecule has 0 aliphatic carbocycles. The highest BCUT2D eigenvalue weighted by Gasteiger charge is 2.48. The molecule has 9 heteroatoms. The number of hydrogen-bond donors (Lipinski definition) is 1. The Morgan fingerprint density at radius 2 is 1.89 bits per heavy atom. The van der Waals surface area contributed by atoms with Gasteiger partial charge in [0.2, 0.25) is 5.91 Å². The van der Waals surface area contributed by atoms with E-state index in [0.717, 1.165) is 12.1 Å². The van der Waals surface area contributed by atoms with Gasteiger partial charge in [-0.05, 0) is 18.1 Å². The van der Waals surface area contributed by atoms with E-state index in [4.69, 9.17) is 0 Å². The van der Waals surface area contributed by atoms with Crippen molar-refractivity contribution in [1.29, 1.82) is 0 Å². The summed E-state index contributed by atoms with van der Waals surface area (Å²) in [5.41, 5.74) is -4.53. The summed E-state index contributed by atoms with van der Waals surface area (Å²) in [5, 5.41) is 2.43. The SMILES string of the molecule is O=C1CCc2ccc(OS(=O)(=O)C(F)(F)F)cc2N1. The minimum absolute atomic E-state index is 0.256. The normalized spacial score (nSPS) is 15.6. The van der Waals surface area contributed by atoms with Crippen LogP contribution in [0.3, 0.4) is 0 Å². The zero-order valence-corrected chi connectivity index (χ0v) is 10.1. The van der Waals surface area contributed by atoms with Gasteiger partial charge in [-0.2, -0.15) is 21.6 Å². The molecule has 0 saturated carbocycles. The lowest BCUT2D eigenvalue weighted by Crippen LogP contribution is -2.28. The fourth-order valence-corrected chi connectivity index (χ4v) is 2.03. The fourth-order valence-electron chi connectivity index (χ4n) is 1.58. The molecule has 0 radical (unpaired) electrons. The van der Waals surface area contributed by atoms with E-state index in [1.165, 1.54) is 6.07 Å². The number of hydrogen-bond acceptors (Lipinski definition) is 4. The van der Waals surface area contributed by atoms with Gasteiger partial charge in [0.05, 0.1) is 0 Å². The first-order chi connectivity index (χ1) is 8.69. The van der Waals surface area contributed by atoms with E-state index in [2.05, 4.69) is 9.50 Å². The molecule has 0 saturated heterocycles. The van der Waals surface area contributed by atoms with Crippen LogP contribution in [0.15, 0.2) is 18.2 Å². The van der Waals surface area contributed by atoms with E-state index in [0.29, 0.717) is 12.0 Å². The molecule has 5 nitrogen and oxygen atoms in total. The Morgan fingerprint density at radius 1 is 1.21 bits per heavy atom. The molecular formula is C10H8F3NO4S. The number of rotatable bonds is 2. The lowest BCUT2D eigenvalue weighted by molar-refractivity contribution is -0.116. The zero-order valence-electron chi connectivity index (χ0n) is 9.32. The second-order valence-electron chi connectivity index (χ2n) is 3.85.